The van der Waals surface area contributed by atoms with Crippen LogP contribution >= 0.6 is 0 Å². The summed E-state index contributed by atoms with van der Waals surface area (Å²) in [5, 5.41) is 3.56. The van der Waals surface area contributed by atoms with Gasteiger partial charge in [-0.15, -0.1) is 0 Å². The SMILES string of the molecule is CC1(C)C(NCc2ccc(F)cc2F)[C@]2(C)CC[C@H]1C2. The van der Waals surface area contributed by atoms with E-state index in [0.717, 1.165) is 12.0 Å². The Labute approximate surface area is 119 Å². The summed E-state index contributed by atoms with van der Waals surface area (Å²) in [5.74, 6) is -0.204. The summed E-state index contributed by atoms with van der Waals surface area (Å²) in [6.45, 7) is 7.46. The molecule has 1 unspecified atom stereocenters. The third-order valence-corrected chi connectivity index (χ3v) is 5.78. The standard InChI is InChI=1S/C17H23F2N/c1-16(2)12-6-7-17(3,9-12)15(16)20-10-11-4-5-13(18)8-14(11)19/h4-5,8,12,15,20H,6-7,9-10H2,1-3H3/t12-,15?,17+/m0/s1. The number of benzene rings is 1. The van der Waals surface area contributed by atoms with Crippen molar-refractivity contribution in [3.05, 3.63) is 35.4 Å². The van der Waals surface area contributed by atoms with E-state index in [2.05, 4.69) is 26.1 Å². The molecule has 1 aromatic carbocycles. The molecular formula is C17H23F2N. The van der Waals surface area contributed by atoms with Crippen LogP contribution in [0.5, 0.6) is 0 Å². The fourth-order valence-electron chi connectivity index (χ4n) is 4.69. The van der Waals surface area contributed by atoms with Crippen molar-refractivity contribution in [3.8, 4) is 0 Å². The fraction of sp³-hybridized carbons (Fsp3) is 0.647. The van der Waals surface area contributed by atoms with Gasteiger partial charge in [0.25, 0.3) is 0 Å². The van der Waals surface area contributed by atoms with Crippen LogP contribution < -0.4 is 5.32 Å². The second kappa shape index (κ2) is 4.52. The summed E-state index contributed by atoms with van der Waals surface area (Å²) in [6, 6.07) is 4.23. The zero-order valence-corrected chi connectivity index (χ0v) is 12.5. The van der Waals surface area contributed by atoms with E-state index in [0.29, 0.717) is 23.6 Å². The van der Waals surface area contributed by atoms with Crippen molar-refractivity contribution in [3.63, 3.8) is 0 Å². The van der Waals surface area contributed by atoms with Crippen LogP contribution in [0.2, 0.25) is 0 Å². The maximum Gasteiger partial charge on any atom is 0.130 e. The molecule has 2 bridgehead atoms. The minimum absolute atomic E-state index is 0.253. The van der Waals surface area contributed by atoms with E-state index in [1.54, 1.807) is 6.07 Å². The highest BCUT2D eigenvalue weighted by Crippen LogP contribution is 2.62. The molecule has 1 N–H and O–H groups in total. The van der Waals surface area contributed by atoms with E-state index >= 15 is 0 Å². The van der Waals surface area contributed by atoms with Crippen molar-refractivity contribution in [1.82, 2.24) is 5.32 Å². The zero-order chi connectivity index (χ0) is 14.5. The zero-order valence-electron chi connectivity index (χ0n) is 12.5. The molecule has 0 amide bonds. The number of halogens is 2. The second-order valence-electron chi connectivity index (χ2n) is 7.46. The lowest BCUT2D eigenvalue weighted by Gasteiger charge is -2.43. The molecule has 20 heavy (non-hydrogen) atoms. The number of rotatable bonds is 3. The van der Waals surface area contributed by atoms with Crippen LogP contribution in [0.3, 0.4) is 0 Å². The van der Waals surface area contributed by atoms with Crippen molar-refractivity contribution >= 4 is 0 Å². The number of hydrogen-bond donors (Lipinski definition) is 1. The Hall–Kier alpha value is -0.960. The Morgan fingerprint density at radius 3 is 2.60 bits per heavy atom. The van der Waals surface area contributed by atoms with Crippen molar-refractivity contribution in [2.75, 3.05) is 0 Å². The number of hydrogen-bond acceptors (Lipinski definition) is 1. The predicted molar refractivity (Wildman–Crippen MR) is 76.2 cm³/mol. The molecule has 0 aliphatic heterocycles. The van der Waals surface area contributed by atoms with Gasteiger partial charge in [-0.2, -0.15) is 0 Å². The molecule has 2 aliphatic rings. The lowest BCUT2D eigenvalue weighted by atomic mass is 9.68. The Bertz CT molecular complexity index is 521. The molecule has 3 rings (SSSR count). The fourth-order valence-corrected chi connectivity index (χ4v) is 4.69. The first-order valence-corrected chi connectivity index (χ1v) is 7.50. The van der Waals surface area contributed by atoms with Gasteiger partial charge < -0.3 is 5.32 Å². The van der Waals surface area contributed by atoms with Gasteiger partial charge in [-0.1, -0.05) is 26.8 Å². The Balaban J connectivity index is 1.75. The van der Waals surface area contributed by atoms with Crippen LogP contribution in [0, 0.1) is 28.4 Å². The average molecular weight is 279 g/mol. The summed E-state index contributed by atoms with van der Waals surface area (Å²) >= 11 is 0. The van der Waals surface area contributed by atoms with Crippen LogP contribution in [0.4, 0.5) is 8.78 Å². The van der Waals surface area contributed by atoms with Gasteiger partial charge in [0.2, 0.25) is 0 Å². The first-order valence-electron chi connectivity index (χ1n) is 7.50. The van der Waals surface area contributed by atoms with E-state index in [9.17, 15) is 8.78 Å². The predicted octanol–water partition coefficient (Wildman–Crippen LogP) is 4.27. The lowest BCUT2D eigenvalue weighted by Crippen LogP contribution is -2.50. The largest absolute Gasteiger partial charge is 0.309 e. The van der Waals surface area contributed by atoms with Crippen molar-refractivity contribution < 1.29 is 8.78 Å². The van der Waals surface area contributed by atoms with E-state index in [1.807, 2.05) is 0 Å². The van der Waals surface area contributed by atoms with E-state index in [4.69, 9.17) is 0 Å². The van der Waals surface area contributed by atoms with E-state index in [-0.39, 0.29) is 5.41 Å². The minimum atomic E-state index is -0.515. The Morgan fingerprint density at radius 2 is 2.00 bits per heavy atom. The van der Waals surface area contributed by atoms with E-state index < -0.39 is 11.6 Å². The maximum atomic E-state index is 13.7. The van der Waals surface area contributed by atoms with Gasteiger partial charge in [0, 0.05) is 24.2 Å². The summed E-state index contributed by atoms with van der Waals surface area (Å²) in [6.07, 6.45) is 3.83. The third-order valence-electron chi connectivity index (χ3n) is 5.78. The molecule has 2 fully saturated rings. The molecule has 0 aromatic heterocycles. The average Bonchev–Trinajstić information content (AvgIpc) is 2.82. The molecule has 0 saturated heterocycles. The smallest absolute Gasteiger partial charge is 0.130 e. The quantitative estimate of drug-likeness (QED) is 0.871. The molecule has 3 heteroatoms. The van der Waals surface area contributed by atoms with Crippen LogP contribution in [0.1, 0.15) is 45.6 Å². The monoisotopic (exact) mass is 279 g/mol. The lowest BCUT2D eigenvalue weighted by molar-refractivity contribution is 0.107. The van der Waals surface area contributed by atoms with Crippen LogP contribution in [-0.2, 0) is 6.54 Å². The van der Waals surface area contributed by atoms with Gasteiger partial charge in [0.1, 0.15) is 11.6 Å². The topological polar surface area (TPSA) is 12.0 Å². The Morgan fingerprint density at radius 1 is 1.25 bits per heavy atom. The van der Waals surface area contributed by atoms with Gasteiger partial charge >= 0.3 is 0 Å². The number of fused-ring (bicyclic) bond motifs is 2. The summed E-state index contributed by atoms with van der Waals surface area (Å²) in [4.78, 5) is 0. The van der Waals surface area contributed by atoms with E-state index in [1.165, 1.54) is 25.3 Å². The van der Waals surface area contributed by atoms with Crippen molar-refractivity contribution in [1.29, 1.82) is 0 Å². The normalized spacial score (nSPS) is 34.6. The first-order chi connectivity index (χ1) is 9.33. The third kappa shape index (κ3) is 2.07. The summed E-state index contributed by atoms with van der Waals surface area (Å²) in [5.41, 5.74) is 1.13. The minimum Gasteiger partial charge on any atom is -0.309 e. The molecule has 1 nitrogen and oxygen atoms in total. The van der Waals surface area contributed by atoms with Gasteiger partial charge in [-0.25, -0.2) is 8.78 Å². The summed E-state index contributed by atoms with van der Waals surface area (Å²) < 4.78 is 26.7. The molecule has 1 aromatic rings. The van der Waals surface area contributed by atoms with Gasteiger partial charge in [0.05, 0.1) is 0 Å². The molecule has 2 saturated carbocycles. The van der Waals surface area contributed by atoms with Gasteiger partial charge in [-0.3, -0.25) is 0 Å². The van der Waals surface area contributed by atoms with Crippen molar-refractivity contribution in [2.45, 2.75) is 52.6 Å². The van der Waals surface area contributed by atoms with Crippen LogP contribution in [0.25, 0.3) is 0 Å². The molecule has 0 radical (unpaired) electrons. The van der Waals surface area contributed by atoms with Crippen LogP contribution in [0.15, 0.2) is 18.2 Å². The molecule has 0 spiro atoms. The molecular weight excluding hydrogens is 256 g/mol. The summed E-state index contributed by atoms with van der Waals surface area (Å²) in [7, 11) is 0. The first kappa shape index (κ1) is 14.0. The highest BCUT2D eigenvalue weighted by Gasteiger charge is 2.58. The van der Waals surface area contributed by atoms with Gasteiger partial charge in [-0.05, 0) is 42.1 Å². The second-order valence-corrected chi connectivity index (χ2v) is 7.46. The highest BCUT2D eigenvalue weighted by atomic mass is 19.1. The Kier molecular flexibility index (Phi) is 3.16. The van der Waals surface area contributed by atoms with Crippen LogP contribution in [-0.4, -0.2) is 6.04 Å². The maximum absolute atomic E-state index is 13.7. The molecule has 0 heterocycles. The highest BCUT2D eigenvalue weighted by molar-refractivity contribution is 5.19. The van der Waals surface area contributed by atoms with Crippen molar-refractivity contribution in [2.24, 2.45) is 16.7 Å². The van der Waals surface area contributed by atoms with Gasteiger partial charge in [0.15, 0.2) is 0 Å². The molecule has 2 aliphatic carbocycles. The molecule has 110 valence electrons. The molecule has 3 atom stereocenters. The number of nitrogens with one attached hydrogen (secondary N) is 1.